The van der Waals surface area contributed by atoms with Gasteiger partial charge in [0.05, 0.1) is 11.5 Å². The van der Waals surface area contributed by atoms with Gasteiger partial charge in [0.25, 0.3) is 0 Å². The second-order valence-corrected chi connectivity index (χ2v) is 9.27. The second kappa shape index (κ2) is 7.60. The molecule has 0 aliphatic heterocycles. The predicted octanol–water partition coefficient (Wildman–Crippen LogP) is 4.91. The van der Waals surface area contributed by atoms with Crippen LogP contribution in [0.15, 0.2) is 67.3 Å². The highest BCUT2D eigenvalue weighted by Gasteiger charge is 2.32. The van der Waals surface area contributed by atoms with E-state index in [0.717, 1.165) is 23.1 Å². The van der Waals surface area contributed by atoms with E-state index < -0.39 is 9.84 Å². The minimum Gasteiger partial charge on any atom is -0.494 e. The second-order valence-electron chi connectivity index (χ2n) is 6.49. The van der Waals surface area contributed by atoms with Gasteiger partial charge in [0.2, 0.25) is 26.6 Å². The van der Waals surface area contributed by atoms with Crippen LogP contribution in [0.25, 0.3) is 11.5 Å². The molecule has 1 heterocycles. The Balaban J connectivity index is 1.74. The lowest BCUT2D eigenvalue weighted by atomic mass is 10.2. The van der Waals surface area contributed by atoms with Crippen LogP contribution in [0, 0.1) is 0 Å². The first-order valence-electron chi connectivity index (χ1n) is 8.98. The number of hydrogen-bond acceptors (Lipinski definition) is 6. The fraction of sp³-hybridized carbons (Fsp3) is 0.250. The van der Waals surface area contributed by atoms with Crippen molar-refractivity contribution in [2.24, 2.45) is 0 Å². The third-order valence-electron chi connectivity index (χ3n) is 4.30. The smallest absolute Gasteiger partial charge is 0.234 e. The minimum atomic E-state index is -3.82. The molecule has 0 unspecified atom stereocenters. The average molecular weight is 463 g/mol. The molecule has 4 rings (SSSR count). The normalized spacial score (nSPS) is 14.1. The number of ether oxygens (including phenoxy) is 1. The van der Waals surface area contributed by atoms with E-state index in [0.29, 0.717) is 12.2 Å². The molecule has 6 nitrogen and oxygen atoms in total. The zero-order chi connectivity index (χ0) is 19.7. The Morgan fingerprint density at radius 2 is 1.82 bits per heavy atom. The van der Waals surface area contributed by atoms with Gasteiger partial charge in [-0.3, -0.25) is 0 Å². The molecule has 0 amide bonds. The summed E-state index contributed by atoms with van der Waals surface area (Å²) in [5.41, 5.74) is 0.680. The number of anilines is 1. The van der Waals surface area contributed by atoms with Crippen molar-refractivity contribution in [3.05, 3.63) is 53.0 Å². The Morgan fingerprint density at radius 1 is 1.14 bits per heavy atom. The van der Waals surface area contributed by atoms with Gasteiger partial charge >= 0.3 is 0 Å². The van der Waals surface area contributed by atoms with E-state index >= 15 is 0 Å². The standard InChI is InChI=1S/C20H19BrN2O4S/c1-2-26-16-9-3-13(4-10-16)18-23-20(19(27-18)22-15-7-8-15)28(24,25)17-11-5-14(21)6-12-17/h3-6,9-12,15,22H,2,7-8H2,1H3. The summed E-state index contributed by atoms with van der Waals surface area (Å²) in [4.78, 5) is 4.51. The molecule has 3 aromatic rings. The molecule has 28 heavy (non-hydrogen) atoms. The molecular formula is C20H19BrN2O4S. The molecule has 0 spiro atoms. The van der Waals surface area contributed by atoms with Gasteiger partial charge in [-0.15, -0.1) is 0 Å². The van der Waals surface area contributed by atoms with Gasteiger partial charge in [-0.05, 0) is 68.3 Å². The van der Waals surface area contributed by atoms with Crippen LogP contribution in [0.1, 0.15) is 19.8 Å². The quantitative estimate of drug-likeness (QED) is 0.536. The summed E-state index contributed by atoms with van der Waals surface area (Å²) in [6.07, 6.45) is 1.97. The largest absolute Gasteiger partial charge is 0.494 e. The lowest BCUT2D eigenvalue weighted by Gasteiger charge is -2.05. The third-order valence-corrected chi connectivity index (χ3v) is 6.51. The van der Waals surface area contributed by atoms with Gasteiger partial charge in [-0.25, -0.2) is 8.42 Å². The van der Waals surface area contributed by atoms with Crippen molar-refractivity contribution in [3.8, 4) is 17.2 Å². The van der Waals surface area contributed by atoms with Crippen molar-refractivity contribution in [1.29, 1.82) is 0 Å². The average Bonchev–Trinajstić information content (AvgIpc) is 3.39. The molecule has 0 radical (unpaired) electrons. The lowest BCUT2D eigenvalue weighted by molar-refractivity contribution is 0.340. The molecular weight excluding hydrogens is 444 g/mol. The first kappa shape index (κ1) is 19.0. The Hall–Kier alpha value is -2.32. The van der Waals surface area contributed by atoms with Crippen molar-refractivity contribution in [3.63, 3.8) is 0 Å². The van der Waals surface area contributed by atoms with E-state index in [4.69, 9.17) is 9.15 Å². The molecule has 1 saturated carbocycles. The third kappa shape index (κ3) is 3.93. The Morgan fingerprint density at radius 3 is 2.43 bits per heavy atom. The summed E-state index contributed by atoms with van der Waals surface area (Å²) in [6, 6.07) is 13.9. The summed E-state index contributed by atoms with van der Waals surface area (Å²) in [7, 11) is -3.82. The molecule has 1 aliphatic carbocycles. The zero-order valence-electron chi connectivity index (χ0n) is 15.2. The highest BCUT2D eigenvalue weighted by atomic mass is 79.9. The number of halogens is 1. The highest BCUT2D eigenvalue weighted by Crippen LogP contribution is 2.36. The first-order chi connectivity index (χ1) is 13.5. The van der Waals surface area contributed by atoms with Crippen LogP contribution in [0.3, 0.4) is 0 Å². The molecule has 1 fully saturated rings. The number of nitrogens with zero attached hydrogens (tertiary/aromatic N) is 1. The van der Waals surface area contributed by atoms with Gasteiger partial charge in [0, 0.05) is 16.1 Å². The number of aromatic nitrogens is 1. The van der Waals surface area contributed by atoms with E-state index in [9.17, 15) is 8.42 Å². The molecule has 2 aromatic carbocycles. The van der Waals surface area contributed by atoms with Gasteiger partial charge in [0.15, 0.2) is 0 Å². The Labute approximate surface area is 172 Å². The topological polar surface area (TPSA) is 81.4 Å². The van der Waals surface area contributed by atoms with E-state index in [1.807, 2.05) is 6.92 Å². The van der Waals surface area contributed by atoms with Crippen molar-refractivity contribution in [1.82, 2.24) is 4.98 Å². The van der Waals surface area contributed by atoms with Gasteiger partial charge in [-0.2, -0.15) is 4.98 Å². The number of benzene rings is 2. The summed E-state index contributed by atoms with van der Waals surface area (Å²) in [6.45, 7) is 2.49. The maximum absolute atomic E-state index is 13.2. The van der Waals surface area contributed by atoms with Gasteiger partial charge in [0.1, 0.15) is 5.75 Å². The fourth-order valence-electron chi connectivity index (χ4n) is 2.70. The van der Waals surface area contributed by atoms with Crippen LogP contribution in [-0.2, 0) is 9.84 Å². The van der Waals surface area contributed by atoms with Crippen molar-refractivity contribution < 1.29 is 17.6 Å². The van der Waals surface area contributed by atoms with Crippen LogP contribution in [0.4, 0.5) is 5.88 Å². The van der Waals surface area contributed by atoms with Crippen molar-refractivity contribution in [2.75, 3.05) is 11.9 Å². The van der Waals surface area contributed by atoms with E-state index in [1.54, 1.807) is 48.5 Å². The van der Waals surface area contributed by atoms with E-state index in [2.05, 4.69) is 26.2 Å². The monoisotopic (exact) mass is 462 g/mol. The molecule has 8 heteroatoms. The van der Waals surface area contributed by atoms with Crippen LogP contribution >= 0.6 is 15.9 Å². The summed E-state index contributed by atoms with van der Waals surface area (Å²) in [5.74, 6) is 1.17. The Bertz CT molecular complexity index is 1070. The molecule has 0 saturated heterocycles. The van der Waals surface area contributed by atoms with Crippen molar-refractivity contribution >= 4 is 31.7 Å². The zero-order valence-corrected chi connectivity index (χ0v) is 17.6. The maximum atomic E-state index is 13.2. The number of sulfone groups is 1. The highest BCUT2D eigenvalue weighted by molar-refractivity contribution is 9.10. The minimum absolute atomic E-state index is 0.0920. The predicted molar refractivity (Wildman–Crippen MR) is 109 cm³/mol. The van der Waals surface area contributed by atoms with Crippen LogP contribution in [-0.4, -0.2) is 26.1 Å². The number of nitrogens with one attached hydrogen (secondary N) is 1. The molecule has 0 bridgehead atoms. The molecule has 1 aromatic heterocycles. The number of rotatable bonds is 7. The molecule has 1 N–H and O–H groups in total. The van der Waals surface area contributed by atoms with Crippen LogP contribution in [0.2, 0.25) is 0 Å². The summed E-state index contributed by atoms with van der Waals surface area (Å²) >= 11 is 3.32. The van der Waals surface area contributed by atoms with Crippen molar-refractivity contribution in [2.45, 2.75) is 35.7 Å². The lowest BCUT2D eigenvalue weighted by Crippen LogP contribution is -2.08. The number of hydrogen-bond donors (Lipinski definition) is 1. The summed E-state index contributed by atoms with van der Waals surface area (Å²) in [5, 5.41) is 3.06. The van der Waals surface area contributed by atoms with Crippen LogP contribution in [0.5, 0.6) is 5.75 Å². The first-order valence-corrected chi connectivity index (χ1v) is 11.3. The SMILES string of the molecule is CCOc1ccc(-c2nc(S(=O)(=O)c3ccc(Br)cc3)c(NC3CC3)o2)cc1. The molecule has 0 atom stereocenters. The Kier molecular flexibility index (Phi) is 5.16. The molecule has 1 aliphatic rings. The van der Waals surface area contributed by atoms with E-state index in [1.165, 1.54) is 0 Å². The van der Waals surface area contributed by atoms with E-state index in [-0.39, 0.29) is 27.7 Å². The van der Waals surface area contributed by atoms with Crippen LogP contribution < -0.4 is 10.1 Å². The molecule has 146 valence electrons. The maximum Gasteiger partial charge on any atom is 0.234 e. The van der Waals surface area contributed by atoms with Gasteiger partial charge < -0.3 is 14.5 Å². The van der Waals surface area contributed by atoms with Gasteiger partial charge in [-0.1, -0.05) is 15.9 Å². The number of oxazole rings is 1. The summed E-state index contributed by atoms with van der Waals surface area (Å²) < 4.78 is 38.4. The fourth-order valence-corrected chi connectivity index (χ4v) is 4.23.